The fraction of sp³-hybridized carbons (Fsp3) is 0.500. The van der Waals surface area contributed by atoms with E-state index in [0.717, 1.165) is 56.2 Å². The predicted molar refractivity (Wildman–Crippen MR) is 145 cm³/mol. The lowest BCUT2D eigenvalue weighted by atomic mass is 9.71. The number of aryl methyl sites for hydroxylation is 1. The van der Waals surface area contributed by atoms with Crippen LogP contribution >= 0.6 is 22.9 Å². The van der Waals surface area contributed by atoms with Crippen LogP contribution in [0.15, 0.2) is 41.9 Å². The number of hydrogen-bond donors (Lipinski definition) is 2. The Bertz CT molecular complexity index is 1150. The number of aliphatic hydroxyl groups is 1. The Morgan fingerprint density at radius 2 is 2.08 bits per heavy atom. The Hall–Kier alpha value is -2.19. The van der Waals surface area contributed by atoms with Crippen molar-refractivity contribution in [1.29, 1.82) is 0 Å². The van der Waals surface area contributed by atoms with Crippen molar-refractivity contribution in [2.45, 2.75) is 57.5 Å². The van der Waals surface area contributed by atoms with Crippen LogP contribution in [0.2, 0.25) is 5.02 Å². The number of rotatable bonds is 12. The third kappa shape index (κ3) is 6.76. The molecule has 1 aromatic carbocycles. The second kappa shape index (κ2) is 12.4. The highest BCUT2D eigenvalue weighted by Gasteiger charge is 2.37. The average Bonchev–Trinajstić information content (AvgIpc) is 3.39. The molecular formula is C28H35ClN2O4S. The van der Waals surface area contributed by atoms with Gasteiger partial charge in [0, 0.05) is 22.0 Å². The lowest BCUT2D eigenvalue weighted by Crippen LogP contribution is -2.41. The van der Waals surface area contributed by atoms with E-state index in [-0.39, 0.29) is 11.8 Å². The van der Waals surface area contributed by atoms with Gasteiger partial charge in [-0.15, -0.1) is 11.3 Å². The largest absolute Gasteiger partial charge is 0.497 e. The van der Waals surface area contributed by atoms with Crippen molar-refractivity contribution in [1.82, 2.24) is 9.88 Å². The number of hydrogen-bond acceptors (Lipinski definition) is 6. The summed E-state index contributed by atoms with van der Waals surface area (Å²) < 4.78 is 5.35. The zero-order chi connectivity index (χ0) is 25.5. The first-order valence-corrected chi connectivity index (χ1v) is 13.9. The van der Waals surface area contributed by atoms with Crippen LogP contribution in [0.5, 0.6) is 5.75 Å². The molecule has 6 nitrogen and oxygen atoms in total. The van der Waals surface area contributed by atoms with Gasteiger partial charge in [-0.1, -0.05) is 17.7 Å². The van der Waals surface area contributed by atoms with Crippen LogP contribution in [-0.2, 0) is 11.2 Å². The number of halogens is 1. The van der Waals surface area contributed by atoms with E-state index in [9.17, 15) is 15.0 Å². The lowest BCUT2D eigenvalue weighted by Gasteiger charge is -2.41. The van der Waals surface area contributed by atoms with Gasteiger partial charge in [0.2, 0.25) is 0 Å². The molecular weight excluding hydrogens is 496 g/mol. The monoisotopic (exact) mass is 530 g/mol. The maximum Gasteiger partial charge on any atom is 0.303 e. The van der Waals surface area contributed by atoms with Gasteiger partial charge in [-0.05, 0) is 99.6 Å². The van der Waals surface area contributed by atoms with Crippen LogP contribution in [0.25, 0.3) is 10.9 Å². The van der Waals surface area contributed by atoms with Crippen LogP contribution in [0.4, 0.5) is 0 Å². The second-order valence-electron chi connectivity index (χ2n) is 9.91. The summed E-state index contributed by atoms with van der Waals surface area (Å²) in [5.41, 5.74) is 1.06. The van der Waals surface area contributed by atoms with Gasteiger partial charge in [0.25, 0.3) is 0 Å². The Morgan fingerprint density at radius 3 is 2.78 bits per heavy atom. The fourth-order valence-electron chi connectivity index (χ4n) is 5.40. The molecule has 0 bridgehead atoms. The highest BCUT2D eigenvalue weighted by Crippen LogP contribution is 2.43. The van der Waals surface area contributed by atoms with Crippen LogP contribution in [0, 0.1) is 5.41 Å². The SMILES string of the molecule is COc1ccc2ncc(Cl)c(C(O)CCC3(CC(=O)O)CCN(CCCCc4cccs4)CC3)c2c1. The Labute approximate surface area is 221 Å². The van der Waals surface area contributed by atoms with E-state index < -0.39 is 12.1 Å². The number of aliphatic hydroxyl groups excluding tert-OH is 1. The van der Waals surface area contributed by atoms with E-state index in [4.69, 9.17) is 16.3 Å². The minimum Gasteiger partial charge on any atom is -0.497 e. The van der Waals surface area contributed by atoms with Crippen LogP contribution in [0.1, 0.15) is 61.5 Å². The molecule has 0 saturated carbocycles. The normalized spacial score (nSPS) is 16.8. The number of fused-ring (bicyclic) bond motifs is 1. The number of aromatic nitrogens is 1. The average molecular weight is 531 g/mol. The number of likely N-dealkylation sites (tertiary alicyclic amines) is 1. The standard InChI is InChI=1S/C28H35ClN2O4S/c1-35-20-7-8-24-22(17-20)27(23(29)19-30-24)25(32)9-10-28(18-26(33)34)11-14-31(15-12-28)13-3-2-5-21-6-4-16-36-21/h4,6-8,16-17,19,25,32H,2-3,5,9-15,18H2,1H3,(H,33,34). The Balaban J connectivity index is 1.37. The van der Waals surface area contributed by atoms with Gasteiger partial charge in [-0.2, -0.15) is 0 Å². The number of carbonyl (C=O) groups is 1. The summed E-state index contributed by atoms with van der Waals surface area (Å²) >= 11 is 8.30. The van der Waals surface area contributed by atoms with Gasteiger partial charge in [0.1, 0.15) is 5.75 Å². The van der Waals surface area contributed by atoms with Crippen molar-refractivity contribution >= 4 is 39.8 Å². The smallest absolute Gasteiger partial charge is 0.303 e. The van der Waals surface area contributed by atoms with E-state index in [2.05, 4.69) is 27.4 Å². The highest BCUT2D eigenvalue weighted by atomic mass is 35.5. The lowest BCUT2D eigenvalue weighted by molar-refractivity contribution is -0.141. The summed E-state index contributed by atoms with van der Waals surface area (Å²) in [5, 5.41) is 24.2. The summed E-state index contributed by atoms with van der Waals surface area (Å²) in [6, 6.07) is 9.82. The van der Waals surface area contributed by atoms with Crippen molar-refractivity contribution < 1.29 is 19.7 Å². The molecule has 3 aromatic rings. The molecule has 2 aromatic heterocycles. The summed E-state index contributed by atoms with van der Waals surface area (Å²) in [7, 11) is 1.60. The van der Waals surface area contributed by atoms with Crippen LogP contribution in [-0.4, -0.2) is 52.8 Å². The van der Waals surface area contributed by atoms with E-state index in [0.29, 0.717) is 29.2 Å². The number of aliphatic carboxylic acids is 1. The number of piperidine rings is 1. The zero-order valence-electron chi connectivity index (χ0n) is 20.8. The van der Waals surface area contributed by atoms with Gasteiger partial charge in [0.15, 0.2) is 0 Å². The number of nitrogens with zero attached hydrogens (tertiary/aromatic N) is 2. The summed E-state index contributed by atoms with van der Waals surface area (Å²) in [5.74, 6) is -0.101. The molecule has 1 atom stereocenters. The molecule has 1 aliphatic heterocycles. The van der Waals surface area contributed by atoms with Gasteiger partial charge in [0.05, 0.1) is 30.2 Å². The van der Waals surface area contributed by atoms with Gasteiger partial charge < -0.3 is 19.8 Å². The molecule has 2 N–H and O–H groups in total. The van der Waals surface area contributed by atoms with Crippen LogP contribution < -0.4 is 4.74 Å². The molecule has 1 aliphatic rings. The van der Waals surface area contributed by atoms with Crippen molar-refractivity contribution in [3.8, 4) is 5.75 Å². The molecule has 1 fully saturated rings. The maximum absolute atomic E-state index is 11.8. The fourth-order valence-corrected chi connectivity index (χ4v) is 6.42. The minimum atomic E-state index is -0.809. The molecule has 0 radical (unpaired) electrons. The Morgan fingerprint density at radius 1 is 1.28 bits per heavy atom. The summed E-state index contributed by atoms with van der Waals surface area (Å²) in [6.45, 7) is 2.86. The third-order valence-corrected chi connectivity index (χ3v) is 8.76. The third-order valence-electron chi connectivity index (χ3n) is 7.52. The van der Waals surface area contributed by atoms with E-state index in [1.54, 1.807) is 13.3 Å². The molecule has 4 rings (SSSR count). The molecule has 8 heteroatoms. The highest BCUT2D eigenvalue weighted by molar-refractivity contribution is 7.09. The second-order valence-corrected chi connectivity index (χ2v) is 11.3. The number of methoxy groups -OCH3 is 1. The first kappa shape index (κ1) is 26.9. The van der Waals surface area contributed by atoms with Crippen molar-refractivity contribution in [3.63, 3.8) is 0 Å². The number of carboxylic acids is 1. The number of pyridine rings is 1. The van der Waals surface area contributed by atoms with E-state index >= 15 is 0 Å². The first-order chi connectivity index (χ1) is 17.4. The van der Waals surface area contributed by atoms with Crippen molar-refractivity contribution in [3.05, 3.63) is 57.4 Å². The van der Waals surface area contributed by atoms with Crippen molar-refractivity contribution in [2.75, 3.05) is 26.7 Å². The minimum absolute atomic E-state index is 0.130. The predicted octanol–water partition coefficient (Wildman–Crippen LogP) is 6.35. The van der Waals surface area contributed by atoms with Gasteiger partial charge >= 0.3 is 5.97 Å². The molecule has 0 spiro atoms. The van der Waals surface area contributed by atoms with E-state index in [1.807, 2.05) is 29.5 Å². The Kier molecular flexibility index (Phi) is 9.23. The summed E-state index contributed by atoms with van der Waals surface area (Å²) in [4.78, 5) is 20.0. The van der Waals surface area contributed by atoms with Gasteiger partial charge in [-0.3, -0.25) is 9.78 Å². The number of carboxylic acid groups (broad SMARTS) is 1. The topological polar surface area (TPSA) is 82.9 Å². The number of unbranched alkanes of at least 4 members (excludes halogenated alkanes) is 1. The molecule has 194 valence electrons. The molecule has 0 amide bonds. The quantitative estimate of drug-likeness (QED) is 0.265. The van der Waals surface area contributed by atoms with Gasteiger partial charge in [-0.25, -0.2) is 0 Å². The molecule has 0 aliphatic carbocycles. The summed E-state index contributed by atoms with van der Waals surface area (Å²) in [6.07, 6.45) is 7.09. The van der Waals surface area contributed by atoms with Crippen LogP contribution in [0.3, 0.4) is 0 Å². The maximum atomic E-state index is 11.8. The first-order valence-electron chi connectivity index (χ1n) is 12.7. The molecule has 36 heavy (non-hydrogen) atoms. The molecule has 3 heterocycles. The molecule has 1 unspecified atom stereocenters. The molecule has 1 saturated heterocycles. The zero-order valence-corrected chi connectivity index (χ0v) is 22.4. The number of benzene rings is 1. The van der Waals surface area contributed by atoms with E-state index in [1.165, 1.54) is 11.3 Å². The number of ether oxygens (including phenoxy) is 1. The number of thiophene rings is 1. The van der Waals surface area contributed by atoms with Crippen molar-refractivity contribution in [2.24, 2.45) is 5.41 Å².